The van der Waals surface area contributed by atoms with Gasteiger partial charge in [0.2, 0.25) is 5.91 Å². The van der Waals surface area contributed by atoms with E-state index in [-0.39, 0.29) is 11.9 Å². The molecular formula is C14H20BrNO2. The van der Waals surface area contributed by atoms with Crippen LogP contribution in [-0.2, 0) is 4.79 Å². The molecule has 100 valence electrons. The van der Waals surface area contributed by atoms with Gasteiger partial charge in [-0.15, -0.1) is 0 Å². The maximum Gasteiger partial charge on any atom is 0.236 e. The van der Waals surface area contributed by atoms with Crippen LogP contribution in [0.1, 0.15) is 38.8 Å². The van der Waals surface area contributed by atoms with Gasteiger partial charge in [-0.2, -0.15) is 0 Å². The van der Waals surface area contributed by atoms with Gasteiger partial charge in [-0.25, -0.2) is 0 Å². The number of hydrogen-bond donors (Lipinski definition) is 1. The third-order valence-electron chi connectivity index (χ3n) is 2.77. The molecule has 0 saturated heterocycles. The minimum Gasteiger partial charge on any atom is -0.497 e. The van der Waals surface area contributed by atoms with Crippen LogP contribution in [0.4, 0.5) is 0 Å². The zero-order valence-electron chi connectivity index (χ0n) is 11.3. The summed E-state index contributed by atoms with van der Waals surface area (Å²) in [7, 11) is 1.64. The number of carbonyl (C=O) groups excluding carboxylic acids is 1. The Labute approximate surface area is 117 Å². The second-order valence-corrected chi connectivity index (χ2v) is 6.66. The second kappa shape index (κ2) is 6.23. The average molecular weight is 314 g/mol. The molecule has 1 unspecified atom stereocenters. The molecule has 1 N–H and O–H groups in total. The minimum atomic E-state index is -0.549. The summed E-state index contributed by atoms with van der Waals surface area (Å²) in [5.41, 5.74) is 1.09. The molecule has 18 heavy (non-hydrogen) atoms. The molecular weight excluding hydrogens is 294 g/mol. The Morgan fingerprint density at radius 2 is 1.94 bits per heavy atom. The minimum absolute atomic E-state index is 0.00910. The molecule has 1 rings (SSSR count). The second-order valence-electron chi connectivity index (χ2n) is 4.68. The number of methoxy groups -OCH3 is 1. The quantitative estimate of drug-likeness (QED) is 0.846. The molecule has 0 aromatic heterocycles. The van der Waals surface area contributed by atoms with Crippen molar-refractivity contribution < 1.29 is 9.53 Å². The Balaban J connectivity index is 2.80. The van der Waals surface area contributed by atoms with Crippen LogP contribution < -0.4 is 10.1 Å². The molecule has 0 aliphatic carbocycles. The van der Waals surface area contributed by atoms with E-state index in [2.05, 4.69) is 28.2 Å². The van der Waals surface area contributed by atoms with Gasteiger partial charge in [0, 0.05) is 0 Å². The molecule has 0 aliphatic heterocycles. The zero-order chi connectivity index (χ0) is 13.8. The van der Waals surface area contributed by atoms with Crippen LogP contribution >= 0.6 is 15.9 Å². The molecule has 1 aromatic rings. The van der Waals surface area contributed by atoms with Gasteiger partial charge in [0.25, 0.3) is 0 Å². The van der Waals surface area contributed by atoms with Crippen molar-refractivity contribution >= 4 is 21.8 Å². The summed E-state index contributed by atoms with van der Waals surface area (Å²) in [5.74, 6) is 0.811. The summed E-state index contributed by atoms with van der Waals surface area (Å²) in [5, 5.41) is 3.03. The SMILES string of the molecule is CCC(NC(=O)C(C)(C)Br)c1ccc(OC)cc1. The van der Waals surface area contributed by atoms with Crippen LogP contribution in [0.5, 0.6) is 5.75 Å². The number of amides is 1. The molecule has 0 aliphatic rings. The van der Waals surface area contributed by atoms with E-state index in [0.29, 0.717) is 0 Å². The van der Waals surface area contributed by atoms with E-state index in [9.17, 15) is 4.79 Å². The highest BCUT2D eigenvalue weighted by Crippen LogP contribution is 2.23. The van der Waals surface area contributed by atoms with Crippen molar-refractivity contribution in [1.82, 2.24) is 5.32 Å². The van der Waals surface area contributed by atoms with E-state index in [0.717, 1.165) is 17.7 Å². The maximum atomic E-state index is 11.9. The van der Waals surface area contributed by atoms with Gasteiger partial charge >= 0.3 is 0 Å². The molecule has 3 nitrogen and oxygen atoms in total. The van der Waals surface area contributed by atoms with E-state index >= 15 is 0 Å². The van der Waals surface area contributed by atoms with Crippen LogP contribution in [0.2, 0.25) is 0 Å². The molecule has 1 aromatic carbocycles. The van der Waals surface area contributed by atoms with Gasteiger partial charge in [-0.05, 0) is 38.0 Å². The lowest BCUT2D eigenvalue weighted by Crippen LogP contribution is -2.39. The fourth-order valence-corrected chi connectivity index (χ4v) is 1.70. The molecule has 0 heterocycles. The lowest BCUT2D eigenvalue weighted by Gasteiger charge is -2.23. The Kier molecular flexibility index (Phi) is 5.20. The molecule has 1 atom stereocenters. The van der Waals surface area contributed by atoms with Crippen molar-refractivity contribution in [2.45, 2.75) is 37.6 Å². The molecule has 1 amide bonds. The molecule has 0 fully saturated rings. The number of halogens is 1. The zero-order valence-corrected chi connectivity index (χ0v) is 12.9. The summed E-state index contributed by atoms with van der Waals surface area (Å²) >= 11 is 3.36. The van der Waals surface area contributed by atoms with Crippen molar-refractivity contribution in [3.63, 3.8) is 0 Å². The Bertz CT molecular complexity index is 395. The first-order valence-electron chi connectivity index (χ1n) is 6.02. The van der Waals surface area contributed by atoms with E-state index < -0.39 is 4.32 Å². The van der Waals surface area contributed by atoms with Crippen LogP contribution in [0, 0.1) is 0 Å². The van der Waals surface area contributed by atoms with E-state index in [1.54, 1.807) is 7.11 Å². The van der Waals surface area contributed by atoms with Gasteiger partial charge in [-0.3, -0.25) is 4.79 Å². The van der Waals surface area contributed by atoms with E-state index in [1.807, 2.05) is 38.1 Å². The monoisotopic (exact) mass is 313 g/mol. The summed E-state index contributed by atoms with van der Waals surface area (Å²) in [6.07, 6.45) is 0.848. The third-order valence-corrected chi connectivity index (χ3v) is 3.13. The van der Waals surface area contributed by atoms with Crippen molar-refractivity contribution in [3.05, 3.63) is 29.8 Å². The van der Waals surface area contributed by atoms with Gasteiger partial charge in [-0.1, -0.05) is 35.0 Å². The smallest absolute Gasteiger partial charge is 0.236 e. The highest BCUT2D eigenvalue weighted by Gasteiger charge is 2.25. The topological polar surface area (TPSA) is 38.3 Å². The van der Waals surface area contributed by atoms with Gasteiger partial charge in [0.05, 0.1) is 17.5 Å². The van der Waals surface area contributed by atoms with Crippen LogP contribution in [0.15, 0.2) is 24.3 Å². The van der Waals surface area contributed by atoms with Crippen LogP contribution in [0.3, 0.4) is 0 Å². The van der Waals surface area contributed by atoms with E-state index in [4.69, 9.17) is 4.74 Å². The van der Waals surface area contributed by atoms with Gasteiger partial charge < -0.3 is 10.1 Å². The molecule has 4 heteroatoms. The first kappa shape index (κ1) is 15.0. The largest absolute Gasteiger partial charge is 0.497 e. The number of benzene rings is 1. The fraction of sp³-hybridized carbons (Fsp3) is 0.500. The molecule has 0 spiro atoms. The Hall–Kier alpha value is -1.03. The number of rotatable bonds is 5. The summed E-state index contributed by atoms with van der Waals surface area (Å²) in [4.78, 5) is 11.9. The average Bonchev–Trinajstić information content (AvgIpc) is 2.34. The van der Waals surface area contributed by atoms with Crippen molar-refractivity contribution in [3.8, 4) is 5.75 Å². The highest BCUT2D eigenvalue weighted by molar-refractivity contribution is 9.10. The number of alkyl halides is 1. The summed E-state index contributed by atoms with van der Waals surface area (Å²) < 4.78 is 4.57. The first-order valence-corrected chi connectivity index (χ1v) is 6.81. The van der Waals surface area contributed by atoms with Crippen molar-refractivity contribution in [2.24, 2.45) is 0 Å². The third kappa shape index (κ3) is 4.02. The summed E-state index contributed by atoms with van der Waals surface area (Å²) in [6.45, 7) is 5.72. The van der Waals surface area contributed by atoms with Crippen molar-refractivity contribution in [2.75, 3.05) is 7.11 Å². The Morgan fingerprint density at radius 1 is 1.39 bits per heavy atom. The first-order chi connectivity index (χ1) is 8.38. The normalized spacial score (nSPS) is 12.9. The molecule has 0 radical (unpaired) electrons. The number of hydrogen-bond acceptors (Lipinski definition) is 2. The fourth-order valence-electron chi connectivity index (χ4n) is 1.59. The van der Waals surface area contributed by atoms with Crippen molar-refractivity contribution in [1.29, 1.82) is 0 Å². The number of carbonyl (C=O) groups is 1. The molecule has 0 saturated carbocycles. The van der Waals surface area contributed by atoms with Gasteiger partial charge in [0.15, 0.2) is 0 Å². The molecule has 0 bridgehead atoms. The van der Waals surface area contributed by atoms with Gasteiger partial charge in [0.1, 0.15) is 5.75 Å². The predicted octanol–water partition coefficient (Wildman–Crippen LogP) is 3.44. The van der Waals surface area contributed by atoms with Crippen LogP contribution in [0.25, 0.3) is 0 Å². The van der Waals surface area contributed by atoms with E-state index in [1.165, 1.54) is 0 Å². The number of nitrogens with one attached hydrogen (secondary N) is 1. The summed E-state index contributed by atoms with van der Waals surface area (Å²) in [6, 6.07) is 7.80. The number of ether oxygens (including phenoxy) is 1. The standard InChI is InChI=1S/C14H20BrNO2/c1-5-12(16-13(17)14(2,3)15)10-6-8-11(18-4)9-7-10/h6-9,12H,5H2,1-4H3,(H,16,17). The van der Waals surface area contributed by atoms with Crippen LogP contribution in [-0.4, -0.2) is 17.3 Å². The lowest BCUT2D eigenvalue weighted by atomic mass is 10.0. The lowest BCUT2D eigenvalue weighted by molar-refractivity contribution is -0.123. The Morgan fingerprint density at radius 3 is 2.33 bits per heavy atom. The maximum absolute atomic E-state index is 11.9. The predicted molar refractivity (Wildman–Crippen MR) is 77.2 cm³/mol. The highest BCUT2D eigenvalue weighted by atomic mass is 79.9.